The van der Waals surface area contributed by atoms with Crippen molar-refractivity contribution < 1.29 is 82.0 Å². The van der Waals surface area contributed by atoms with Crippen LogP contribution >= 0.6 is 0 Å². The monoisotopic (exact) mass is 992 g/mol. The van der Waals surface area contributed by atoms with Crippen molar-refractivity contribution in [2.75, 3.05) is 46.1 Å². The summed E-state index contributed by atoms with van der Waals surface area (Å²) >= 11 is 0. The van der Waals surface area contributed by atoms with Gasteiger partial charge in [-0.25, -0.2) is 0 Å². The number of aliphatic hydroxyl groups excluding tert-OH is 2. The number of nitrogens with one attached hydrogen (secondary N) is 3. The summed E-state index contributed by atoms with van der Waals surface area (Å²) in [5.74, 6) is -3.15. The Morgan fingerprint density at radius 1 is 0.377 bits per heavy atom. The van der Waals surface area contributed by atoms with Crippen LogP contribution in [-0.2, 0) is 71.8 Å². The molecule has 0 radical (unpaired) electrons. The van der Waals surface area contributed by atoms with Crippen molar-refractivity contribution >= 4 is 41.8 Å². The zero-order valence-electron chi connectivity index (χ0n) is 42.2. The predicted octanol–water partition coefficient (Wildman–Crippen LogP) is 6.74. The lowest BCUT2D eigenvalue weighted by Crippen LogP contribution is -2.32. The van der Waals surface area contributed by atoms with Gasteiger partial charge in [-0.2, -0.15) is 16.4 Å². The molecule has 0 bridgehead atoms. The maximum absolute atomic E-state index is 12.8. The molecular weight excluding hydrogens is 903 g/mol. The Morgan fingerprint density at radius 2 is 0.696 bits per heavy atom. The normalized spacial score (nSPS) is 12.4. The second-order valence-electron chi connectivity index (χ2n) is 17.1. The molecule has 0 amide bonds. The number of hydrogen-bond acceptors (Lipinski definition) is 20. The largest absolute Gasteiger partial charge is 0.463 e. The molecule has 0 aliphatic heterocycles. The number of hydrogen-bond donors (Lipinski definition) is 5. The Labute approximate surface area is 410 Å². The van der Waals surface area contributed by atoms with Crippen molar-refractivity contribution in [3.63, 3.8) is 0 Å². The van der Waals surface area contributed by atoms with Crippen LogP contribution in [0.5, 0.6) is 0 Å². The zero-order chi connectivity index (χ0) is 51.0. The minimum atomic E-state index is -1.46. The number of carbonyl (C=O) groups excluding carboxylic acids is 7. The van der Waals surface area contributed by atoms with Crippen molar-refractivity contribution in [3.8, 4) is 0 Å². The molecule has 0 aliphatic carbocycles. The summed E-state index contributed by atoms with van der Waals surface area (Å²) in [5, 5.41) is 20.6. The highest BCUT2D eigenvalue weighted by molar-refractivity contribution is 5.71. The zero-order valence-corrected chi connectivity index (χ0v) is 42.2. The van der Waals surface area contributed by atoms with Gasteiger partial charge in [0.05, 0.1) is 13.0 Å². The highest BCUT2D eigenvalue weighted by Gasteiger charge is 2.21. The average molecular weight is 992 g/mol. The molecule has 402 valence electrons. The van der Waals surface area contributed by atoms with E-state index in [0.29, 0.717) is 77.4 Å². The van der Waals surface area contributed by atoms with Gasteiger partial charge < -0.3 is 48.4 Å². The van der Waals surface area contributed by atoms with Crippen LogP contribution in [0.1, 0.15) is 207 Å². The molecule has 3 unspecified atom stereocenters. The highest BCUT2D eigenvalue weighted by Crippen LogP contribution is 2.13. The summed E-state index contributed by atoms with van der Waals surface area (Å²) in [4.78, 5) is 99.8. The first kappa shape index (κ1) is 65.0. The van der Waals surface area contributed by atoms with Crippen molar-refractivity contribution in [3.05, 3.63) is 0 Å². The van der Waals surface area contributed by atoms with Gasteiger partial charge in [0, 0.05) is 64.6 Å². The Bertz CT molecular complexity index is 1340. The first-order chi connectivity index (χ1) is 33.4. The third-order valence-electron chi connectivity index (χ3n) is 10.4. The number of carbonyl (C=O) groups is 7. The quantitative estimate of drug-likeness (QED) is 0.0139. The van der Waals surface area contributed by atoms with Crippen molar-refractivity contribution in [1.82, 2.24) is 16.4 Å². The molecule has 20 nitrogen and oxygen atoms in total. The van der Waals surface area contributed by atoms with E-state index in [1.54, 1.807) is 0 Å². The molecule has 0 saturated heterocycles. The van der Waals surface area contributed by atoms with Gasteiger partial charge in [0.2, 0.25) is 0 Å². The van der Waals surface area contributed by atoms with Crippen LogP contribution in [0, 0.1) is 0 Å². The fourth-order valence-corrected chi connectivity index (χ4v) is 6.23. The van der Waals surface area contributed by atoms with Crippen LogP contribution in [0.2, 0.25) is 0 Å². The molecule has 0 aliphatic rings. The minimum absolute atomic E-state index is 0.0972. The third kappa shape index (κ3) is 46.2. The third-order valence-corrected chi connectivity index (χ3v) is 10.4. The topological polar surface area (TPSA) is 270 Å². The van der Waals surface area contributed by atoms with Gasteiger partial charge in [0.1, 0.15) is 25.9 Å². The van der Waals surface area contributed by atoms with E-state index >= 15 is 0 Å². The lowest BCUT2D eigenvalue weighted by atomic mass is 10.1. The lowest BCUT2D eigenvalue weighted by Gasteiger charge is -2.20. The second-order valence-corrected chi connectivity index (χ2v) is 17.1. The number of ether oxygens (including phenoxy) is 5. The average Bonchev–Trinajstić information content (AvgIpc) is 3.33. The Hall–Kier alpha value is -3.95. The maximum atomic E-state index is 12.8. The molecule has 0 aromatic heterocycles. The van der Waals surface area contributed by atoms with E-state index in [9.17, 15) is 43.8 Å². The van der Waals surface area contributed by atoms with Gasteiger partial charge in [-0.15, -0.1) is 0 Å². The maximum Gasteiger partial charge on any atom is 0.324 e. The van der Waals surface area contributed by atoms with Gasteiger partial charge in [0.15, 0.2) is 12.4 Å². The van der Waals surface area contributed by atoms with E-state index in [2.05, 4.69) is 16.4 Å². The van der Waals surface area contributed by atoms with Crippen LogP contribution < -0.4 is 16.4 Å². The molecule has 69 heavy (non-hydrogen) atoms. The minimum Gasteiger partial charge on any atom is -0.463 e. The van der Waals surface area contributed by atoms with Crippen molar-refractivity contribution in [1.29, 1.82) is 0 Å². The number of rotatable bonds is 49. The van der Waals surface area contributed by atoms with Crippen LogP contribution in [0.15, 0.2) is 0 Å². The van der Waals surface area contributed by atoms with Crippen molar-refractivity contribution in [2.24, 2.45) is 0 Å². The van der Waals surface area contributed by atoms with E-state index in [0.717, 1.165) is 96.3 Å². The van der Waals surface area contributed by atoms with Gasteiger partial charge in [-0.05, 0) is 57.8 Å². The fourth-order valence-electron chi connectivity index (χ4n) is 6.23. The standard InChI is InChI=1S/C49H89N3O17/c1-4-7-33-50-67-47(59)28-22-16-10-13-19-25-42(54)62-36-40(53)37-63-44(56)31-32-45(57)65-39-41(66-46(58)27-21-15-12-18-24-30-49(61)69-52-35-9-6-3)38-64-43(55)26-20-14-11-17-23-29-48(60)68-51-34-8-5-2/h40-41,45,50-53,57H,4-39H2,1-3H3. The summed E-state index contributed by atoms with van der Waals surface area (Å²) in [6, 6.07) is 0. The molecule has 0 heterocycles. The summed E-state index contributed by atoms with van der Waals surface area (Å²) in [7, 11) is 0. The van der Waals surface area contributed by atoms with E-state index < -0.39 is 49.0 Å². The molecule has 3 atom stereocenters. The first-order valence-corrected chi connectivity index (χ1v) is 25.8. The molecule has 20 heteroatoms. The molecule has 0 fully saturated rings. The Balaban J connectivity index is 4.58. The smallest absolute Gasteiger partial charge is 0.324 e. The second kappa shape index (κ2) is 47.7. The predicted molar refractivity (Wildman–Crippen MR) is 254 cm³/mol. The summed E-state index contributed by atoms with van der Waals surface area (Å²) in [5.41, 5.74) is 7.97. The van der Waals surface area contributed by atoms with Crippen molar-refractivity contribution in [2.45, 2.75) is 225 Å². The fraction of sp³-hybridized carbons (Fsp3) is 0.857. The SMILES string of the molecule is CCCCNOC(=O)CCCCCCCC(=O)OCC(O)COC(=O)CCC(O)OCC(COC(=O)CCCCCCCC(=O)ONCCCC)OC(=O)CCCCCCCC(=O)ONCCCC. The molecule has 0 rings (SSSR count). The summed E-state index contributed by atoms with van der Waals surface area (Å²) in [6.45, 7) is 6.60. The molecule has 0 aromatic rings. The molecule has 0 spiro atoms. The lowest BCUT2D eigenvalue weighted by molar-refractivity contribution is -0.174. The number of unbranched alkanes of at least 4 members (excludes halogenated alkanes) is 15. The van der Waals surface area contributed by atoms with Crippen LogP contribution in [0.25, 0.3) is 0 Å². The van der Waals surface area contributed by atoms with E-state index in [-0.39, 0.29) is 69.8 Å². The Kier molecular flexibility index (Phi) is 45.0. The summed E-state index contributed by atoms with van der Waals surface area (Å²) in [6.07, 6.45) is 13.8. The van der Waals surface area contributed by atoms with Crippen LogP contribution in [0.4, 0.5) is 0 Å². The Morgan fingerprint density at radius 3 is 1.07 bits per heavy atom. The molecular formula is C49H89N3O17. The number of hydroxylamine groups is 3. The van der Waals surface area contributed by atoms with Gasteiger partial charge in [0.25, 0.3) is 0 Å². The highest BCUT2D eigenvalue weighted by atomic mass is 16.7. The molecule has 0 saturated carbocycles. The molecule has 0 aromatic carbocycles. The number of esters is 4. The van der Waals surface area contributed by atoms with Gasteiger partial charge >= 0.3 is 41.8 Å². The summed E-state index contributed by atoms with van der Waals surface area (Å²) < 4.78 is 26.5. The van der Waals surface area contributed by atoms with E-state index in [1.165, 1.54) is 0 Å². The van der Waals surface area contributed by atoms with Gasteiger partial charge in [-0.3, -0.25) is 33.6 Å². The van der Waals surface area contributed by atoms with Crippen LogP contribution in [0.3, 0.4) is 0 Å². The van der Waals surface area contributed by atoms with E-state index in [4.69, 9.17) is 38.2 Å². The van der Waals surface area contributed by atoms with E-state index in [1.807, 2.05) is 20.8 Å². The van der Waals surface area contributed by atoms with Gasteiger partial charge in [-0.1, -0.05) is 97.8 Å². The molecule has 5 N–H and O–H groups in total. The first-order valence-electron chi connectivity index (χ1n) is 25.8. The van der Waals surface area contributed by atoms with Crippen LogP contribution in [-0.4, -0.2) is 117 Å². The number of aliphatic hydroxyl groups is 2.